The number of benzene rings is 1. The molecule has 0 spiro atoms. The van der Waals surface area contributed by atoms with Gasteiger partial charge < -0.3 is 0 Å². The van der Waals surface area contributed by atoms with Crippen LogP contribution in [0.2, 0.25) is 10.9 Å². The molecule has 0 saturated heterocycles. The minimum absolute atomic E-state index is 0.0103. The topological polar surface area (TPSA) is 97.1 Å². The van der Waals surface area contributed by atoms with Crippen molar-refractivity contribution in [1.82, 2.24) is 24.6 Å². The summed E-state index contributed by atoms with van der Waals surface area (Å²) in [6.07, 6.45) is 6.39. The first-order chi connectivity index (χ1) is 15.4. The number of fused-ring (bicyclic) bond motifs is 2. The van der Waals surface area contributed by atoms with Crippen LogP contribution in [0.15, 0.2) is 55.0 Å². The SMILES string of the molecule is C[As](CCc1ccccn1)c1nccn2nc(Nc3ccc4c(c3)NC(=O)C4(C)C)nc12. The zero-order valence-corrected chi connectivity index (χ0v) is 20.1. The molecule has 0 fully saturated rings. The number of nitrogens with one attached hydrogen (secondary N) is 2. The Morgan fingerprint density at radius 2 is 2.03 bits per heavy atom. The van der Waals surface area contributed by atoms with Crippen LogP contribution < -0.4 is 15.1 Å². The van der Waals surface area contributed by atoms with Gasteiger partial charge in [-0.1, -0.05) is 0 Å². The van der Waals surface area contributed by atoms with Crippen molar-refractivity contribution >= 4 is 48.0 Å². The third-order valence-corrected chi connectivity index (χ3v) is 9.85. The molecule has 0 aliphatic carbocycles. The maximum absolute atomic E-state index is 12.2. The van der Waals surface area contributed by atoms with Crippen LogP contribution in [0.4, 0.5) is 17.3 Å². The quantitative estimate of drug-likeness (QED) is 0.404. The van der Waals surface area contributed by atoms with Gasteiger partial charge in [-0.2, -0.15) is 0 Å². The summed E-state index contributed by atoms with van der Waals surface area (Å²) in [5, 5.41) is 11.9. The predicted molar refractivity (Wildman–Crippen MR) is 126 cm³/mol. The summed E-state index contributed by atoms with van der Waals surface area (Å²) in [5.74, 6) is 0.519. The Morgan fingerprint density at radius 3 is 2.84 bits per heavy atom. The minimum atomic E-state index is -1.41. The average Bonchev–Trinajstić information content (AvgIpc) is 3.29. The molecule has 4 aromatic rings. The number of pyridine rings is 1. The van der Waals surface area contributed by atoms with Crippen molar-refractivity contribution in [3.05, 3.63) is 66.2 Å². The summed E-state index contributed by atoms with van der Waals surface area (Å²) in [4.78, 5) is 26.0. The molecule has 0 saturated carbocycles. The molecule has 9 heteroatoms. The van der Waals surface area contributed by atoms with Crippen LogP contribution in [-0.4, -0.2) is 45.1 Å². The molecule has 8 nitrogen and oxygen atoms in total. The first-order valence-electron chi connectivity index (χ1n) is 10.5. The van der Waals surface area contributed by atoms with Gasteiger partial charge in [0.15, 0.2) is 0 Å². The molecule has 5 rings (SSSR count). The van der Waals surface area contributed by atoms with Crippen LogP contribution in [0, 0.1) is 0 Å². The predicted octanol–water partition coefficient (Wildman–Crippen LogP) is 3.07. The van der Waals surface area contributed by atoms with Crippen LogP contribution in [-0.2, 0) is 16.6 Å². The number of aryl methyl sites for hydroxylation is 1. The van der Waals surface area contributed by atoms with Crippen LogP contribution in [0.25, 0.3) is 5.65 Å². The first-order valence-corrected chi connectivity index (χ1v) is 14.6. The van der Waals surface area contributed by atoms with E-state index in [1.54, 1.807) is 10.7 Å². The Morgan fingerprint density at radius 1 is 1.16 bits per heavy atom. The number of hydrogen-bond acceptors (Lipinski definition) is 6. The van der Waals surface area contributed by atoms with E-state index in [9.17, 15) is 4.79 Å². The Bertz CT molecular complexity index is 1300. The van der Waals surface area contributed by atoms with Gasteiger partial charge in [0.2, 0.25) is 0 Å². The van der Waals surface area contributed by atoms with Crippen molar-refractivity contribution in [3.8, 4) is 0 Å². The van der Waals surface area contributed by atoms with E-state index in [4.69, 9.17) is 4.98 Å². The Kier molecular flexibility index (Phi) is 5.17. The summed E-state index contributed by atoms with van der Waals surface area (Å²) >= 11 is -1.41. The average molecular weight is 489 g/mol. The van der Waals surface area contributed by atoms with Crippen molar-refractivity contribution in [1.29, 1.82) is 0 Å². The third kappa shape index (κ3) is 3.75. The normalized spacial score (nSPS) is 15.4. The molecule has 1 atom stereocenters. The molecule has 0 bridgehead atoms. The van der Waals surface area contributed by atoms with Crippen molar-refractivity contribution in [2.24, 2.45) is 0 Å². The molecule has 1 aliphatic rings. The summed E-state index contributed by atoms with van der Waals surface area (Å²) in [7, 11) is 0. The molecule has 4 heterocycles. The molecule has 1 aliphatic heterocycles. The maximum atomic E-state index is 12.2. The molecule has 3 aromatic heterocycles. The van der Waals surface area contributed by atoms with Crippen molar-refractivity contribution < 1.29 is 4.79 Å². The number of nitrogens with zero attached hydrogens (tertiary/aromatic N) is 5. The number of anilines is 3. The molecular formula is C23H24AsN7O. The molecule has 1 unspecified atom stereocenters. The summed E-state index contributed by atoms with van der Waals surface area (Å²) in [5.41, 5.74) is 6.33. The number of hydrogen-bond donors (Lipinski definition) is 2. The van der Waals surface area contributed by atoms with Crippen LogP contribution in [0.5, 0.6) is 0 Å². The summed E-state index contributed by atoms with van der Waals surface area (Å²) in [6.45, 7) is 3.86. The van der Waals surface area contributed by atoms with Gasteiger partial charge in [0.1, 0.15) is 0 Å². The Hall–Kier alpha value is -3.25. The number of carbonyl (C=O) groups excluding carboxylic acids is 1. The van der Waals surface area contributed by atoms with E-state index in [-0.39, 0.29) is 5.91 Å². The Balaban J connectivity index is 1.37. The van der Waals surface area contributed by atoms with Gasteiger partial charge in [-0.3, -0.25) is 0 Å². The zero-order valence-electron chi connectivity index (χ0n) is 18.2. The van der Waals surface area contributed by atoms with Crippen LogP contribution in [0.3, 0.4) is 0 Å². The van der Waals surface area contributed by atoms with Gasteiger partial charge in [-0.15, -0.1) is 0 Å². The standard InChI is InChI=1S/C23H24AsN7O/c1-23(2)17-8-7-16(14-18(17)28-21(23)32)27-22-29-20-19(26-12-13-31(20)30-22)24(3)10-9-15-6-4-5-11-25-15/h4-8,11-14H,9-10H2,1-3H3,(H,27,30)(H,28,32). The molecule has 162 valence electrons. The van der Waals surface area contributed by atoms with E-state index in [1.165, 1.54) is 0 Å². The monoisotopic (exact) mass is 489 g/mol. The third-order valence-electron chi connectivity index (χ3n) is 5.79. The van der Waals surface area contributed by atoms with E-state index in [0.717, 1.165) is 44.4 Å². The van der Waals surface area contributed by atoms with E-state index in [0.29, 0.717) is 5.95 Å². The van der Waals surface area contributed by atoms with Crippen molar-refractivity contribution in [3.63, 3.8) is 0 Å². The van der Waals surface area contributed by atoms with E-state index >= 15 is 0 Å². The Labute approximate surface area is 190 Å². The second-order valence-corrected chi connectivity index (χ2v) is 13.2. The molecule has 32 heavy (non-hydrogen) atoms. The number of carbonyl (C=O) groups is 1. The fourth-order valence-electron chi connectivity index (χ4n) is 3.86. The van der Waals surface area contributed by atoms with E-state index in [1.807, 2.05) is 56.6 Å². The number of rotatable bonds is 6. The second-order valence-electron chi connectivity index (χ2n) is 8.41. The molecule has 1 aromatic carbocycles. The summed E-state index contributed by atoms with van der Waals surface area (Å²) in [6, 6.07) is 11.9. The molecule has 2 N–H and O–H groups in total. The number of amides is 1. The zero-order chi connectivity index (χ0) is 22.3. The second kappa shape index (κ2) is 8.02. The van der Waals surface area contributed by atoms with Gasteiger partial charge in [0, 0.05) is 0 Å². The number of aromatic nitrogens is 5. The van der Waals surface area contributed by atoms with Crippen molar-refractivity contribution in [2.45, 2.75) is 36.6 Å². The van der Waals surface area contributed by atoms with E-state index < -0.39 is 20.1 Å². The fraction of sp³-hybridized carbons (Fsp3) is 0.261. The summed E-state index contributed by atoms with van der Waals surface area (Å²) < 4.78 is 2.84. The van der Waals surface area contributed by atoms with Gasteiger partial charge in [0.25, 0.3) is 0 Å². The van der Waals surface area contributed by atoms with Gasteiger partial charge in [-0.05, 0) is 0 Å². The molecule has 0 radical (unpaired) electrons. The first kappa shape index (κ1) is 20.6. The fourth-order valence-corrected chi connectivity index (χ4v) is 7.08. The van der Waals surface area contributed by atoms with Crippen molar-refractivity contribution in [2.75, 3.05) is 10.6 Å². The van der Waals surface area contributed by atoms with Gasteiger partial charge >= 0.3 is 191 Å². The van der Waals surface area contributed by atoms with Crippen LogP contribution in [0.1, 0.15) is 25.1 Å². The molecule has 1 amide bonds. The van der Waals surface area contributed by atoms with Gasteiger partial charge in [0.05, 0.1) is 0 Å². The van der Waals surface area contributed by atoms with Gasteiger partial charge in [-0.25, -0.2) is 0 Å². The van der Waals surface area contributed by atoms with Crippen LogP contribution >= 0.6 is 0 Å². The molecular weight excluding hydrogens is 465 g/mol. The van der Waals surface area contributed by atoms with E-state index in [2.05, 4.69) is 37.5 Å².